The smallest absolute Gasteiger partial charge is 0.269 e. The summed E-state index contributed by atoms with van der Waals surface area (Å²) in [5.74, 6) is -0.164. The molecule has 1 N–H and O–H groups in total. The predicted molar refractivity (Wildman–Crippen MR) is 65.7 cm³/mol. The molecule has 1 heterocycles. The molecule has 1 saturated carbocycles. The van der Waals surface area contributed by atoms with Gasteiger partial charge in [0, 0.05) is 5.92 Å². The number of nitrogens with one attached hydrogen (secondary N) is 1. The molecule has 106 valence electrons. The number of rotatable bonds is 2. The average Bonchev–Trinajstić information content (AvgIpc) is 3.13. The molecule has 1 aliphatic rings. The molecule has 3 rings (SSSR count). The highest BCUT2D eigenvalue weighted by Gasteiger charge is 2.33. The maximum Gasteiger partial charge on any atom is 0.416 e. The molecular weight excluding hydrogens is 294 g/mol. The Bertz CT molecular complexity index is 712. The van der Waals surface area contributed by atoms with Gasteiger partial charge in [-0.3, -0.25) is 9.67 Å². The third-order valence-electron chi connectivity index (χ3n) is 3.16. The Morgan fingerprint density at radius 3 is 2.60 bits per heavy atom. The first-order valence-electron chi connectivity index (χ1n) is 5.92. The summed E-state index contributed by atoms with van der Waals surface area (Å²) in [6, 6.07) is 2.26. The van der Waals surface area contributed by atoms with Gasteiger partial charge in [0.2, 0.25) is 0 Å². The van der Waals surface area contributed by atoms with Crippen molar-refractivity contribution in [1.29, 1.82) is 0 Å². The first-order valence-corrected chi connectivity index (χ1v) is 6.33. The molecule has 0 amide bonds. The van der Waals surface area contributed by atoms with Gasteiger partial charge in [-0.05, 0) is 43.3 Å². The molecule has 1 aliphatic carbocycles. The lowest BCUT2D eigenvalue weighted by Gasteiger charge is -2.11. The Kier molecular flexibility index (Phi) is 2.93. The van der Waals surface area contributed by atoms with E-state index in [1.165, 1.54) is 4.57 Å². The molecule has 0 bridgehead atoms. The van der Waals surface area contributed by atoms with Crippen LogP contribution in [0.15, 0.2) is 18.2 Å². The Balaban J connectivity index is 2.19. The first-order chi connectivity index (χ1) is 9.38. The molecule has 0 radical (unpaired) electrons. The Morgan fingerprint density at radius 1 is 1.30 bits per heavy atom. The molecular formula is C12H9F4N3S. The first kappa shape index (κ1) is 13.3. The number of alkyl halides is 3. The fourth-order valence-electron chi connectivity index (χ4n) is 2.02. The van der Waals surface area contributed by atoms with E-state index in [1.807, 2.05) is 0 Å². The molecule has 3 nitrogen and oxygen atoms in total. The van der Waals surface area contributed by atoms with Crippen molar-refractivity contribution in [2.75, 3.05) is 0 Å². The van der Waals surface area contributed by atoms with Crippen LogP contribution < -0.4 is 0 Å². The maximum absolute atomic E-state index is 13.9. The summed E-state index contributed by atoms with van der Waals surface area (Å²) in [5, 5.41) is 6.50. The van der Waals surface area contributed by atoms with E-state index in [4.69, 9.17) is 12.2 Å². The molecule has 2 aromatic rings. The van der Waals surface area contributed by atoms with Crippen molar-refractivity contribution in [2.45, 2.75) is 24.9 Å². The van der Waals surface area contributed by atoms with E-state index in [2.05, 4.69) is 10.2 Å². The maximum atomic E-state index is 13.9. The van der Waals surface area contributed by atoms with Crippen LogP contribution >= 0.6 is 12.2 Å². The summed E-state index contributed by atoms with van der Waals surface area (Å²) in [7, 11) is 0. The zero-order chi connectivity index (χ0) is 14.5. The van der Waals surface area contributed by atoms with Crippen LogP contribution in [0.3, 0.4) is 0 Å². The predicted octanol–water partition coefficient (Wildman–Crippen LogP) is 3.97. The van der Waals surface area contributed by atoms with Crippen LogP contribution in [-0.4, -0.2) is 14.8 Å². The third-order valence-corrected chi connectivity index (χ3v) is 3.43. The van der Waals surface area contributed by atoms with Crippen molar-refractivity contribution in [2.24, 2.45) is 0 Å². The second-order valence-corrected chi connectivity index (χ2v) is 5.05. The zero-order valence-corrected chi connectivity index (χ0v) is 10.9. The lowest BCUT2D eigenvalue weighted by atomic mass is 10.2. The van der Waals surface area contributed by atoms with Gasteiger partial charge >= 0.3 is 6.18 Å². The molecule has 0 atom stereocenters. The molecule has 1 aromatic carbocycles. The second kappa shape index (κ2) is 4.41. The van der Waals surface area contributed by atoms with Crippen LogP contribution in [-0.2, 0) is 6.18 Å². The van der Waals surface area contributed by atoms with Gasteiger partial charge in [0.1, 0.15) is 11.6 Å². The van der Waals surface area contributed by atoms with Crippen molar-refractivity contribution in [1.82, 2.24) is 14.8 Å². The largest absolute Gasteiger partial charge is 0.416 e. The van der Waals surface area contributed by atoms with E-state index in [1.54, 1.807) is 0 Å². The fraction of sp³-hybridized carbons (Fsp3) is 0.333. The van der Waals surface area contributed by atoms with E-state index in [0.29, 0.717) is 11.9 Å². The number of H-pyrrole nitrogens is 1. The van der Waals surface area contributed by atoms with Crippen LogP contribution in [0.4, 0.5) is 17.6 Å². The van der Waals surface area contributed by atoms with Crippen LogP contribution in [0.25, 0.3) is 5.69 Å². The van der Waals surface area contributed by atoms with Crippen molar-refractivity contribution < 1.29 is 17.6 Å². The normalized spacial score (nSPS) is 15.6. The minimum absolute atomic E-state index is 0.0881. The van der Waals surface area contributed by atoms with Gasteiger partial charge in [0.15, 0.2) is 4.77 Å². The molecule has 8 heteroatoms. The van der Waals surface area contributed by atoms with Crippen LogP contribution in [0.2, 0.25) is 0 Å². The monoisotopic (exact) mass is 303 g/mol. The molecule has 0 unspecified atom stereocenters. The summed E-state index contributed by atoms with van der Waals surface area (Å²) < 4.78 is 53.4. The molecule has 20 heavy (non-hydrogen) atoms. The van der Waals surface area contributed by atoms with Crippen molar-refractivity contribution in [3.05, 3.63) is 40.2 Å². The summed E-state index contributed by atoms with van der Waals surface area (Å²) >= 11 is 5.00. The standard InChI is InChI=1S/C12H9F4N3S/c13-8-4-3-7(12(14,15)16)5-9(8)19-10(6-1-2-6)17-18-11(19)20/h3-6H,1-2H2,(H,18,20). The minimum Gasteiger partial charge on any atom is -0.269 e. The van der Waals surface area contributed by atoms with Crippen molar-refractivity contribution in [3.63, 3.8) is 0 Å². The van der Waals surface area contributed by atoms with E-state index >= 15 is 0 Å². The molecule has 0 aliphatic heterocycles. The highest BCUT2D eigenvalue weighted by molar-refractivity contribution is 7.71. The van der Waals surface area contributed by atoms with Gasteiger partial charge in [-0.1, -0.05) is 0 Å². The van der Waals surface area contributed by atoms with E-state index < -0.39 is 17.6 Å². The Labute approximate surface area is 116 Å². The summed E-state index contributed by atoms with van der Waals surface area (Å²) in [4.78, 5) is 0. The van der Waals surface area contributed by atoms with Gasteiger partial charge in [-0.15, -0.1) is 0 Å². The van der Waals surface area contributed by atoms with Gasteiger partial charge < -0.3 is 0 Å². The van der Waals surface area contributed by atoms with Crippen LogP contribution in [0.5, 0.6) is 0 Å². The van der Waals surface area contributed by atoms with Crippen molar-refractivity contribution in [3.8, 4) is 5.69 Å². The van der Waals surface area contributed by atoms with Crippen LogP contribution in [0, 0.1) is 10.6 Å². The highest BCUT2D eigenvalue weighted by atomic mass is 32.1. The van der Waals surface area contributed by atoms with Crippen LogP contribution in [0.1, 0.15) is 30.1 Å². The fourth-order valence-corrected chi connectivity index (χ4v) is 2.26. The molecule has 0 saturated heterocycles. The summed E-state index contributed by atoms with van der Waals surface area (Å²) in [6.45, 7) is 0. The number of benzene rings is 1. The van der Waals surface area contributed by atoms with Gasteiger partial charge in [-0.25, -0.2) is 4.39 Å². The third kappa shape index (κ3) is 2.24. The van der Waals surface area contributed by atoms with Gasteiger partial charge in [0.05, 0.1) is 11.3 Å². The lowest BCUT2D eigenvalue weighted by Crippen LogP contribution is -2.09. The SMILES string of the molecule is Fc1ccc(C(F)(F)F)cc1-n1c(C2CC2)n[nH]c1=S. The van der Waals surface area contributed by atoms with E-state index in [-0.39, 0.29) is 16.4 Å². The Hall–Kier alpha value is -1.70. The summed E-state index contributed by atoms with van der Waals surface area (Å²) in [6.07, 6.45) is -2.78. The summed E-state index contributed by atoms with van der Waals surface area (Å²) in [5.41, 5.74) is -1.14. The lowest BCUT2D eigenvalue weighted by molar-refractivity contribution is -0.137. The number of hydrogen-bond acceptors (Lipinski definition) is 2. The van der Waals surface area contributed by atoms with E-state index in [0.717, 1.165) is 25.0 Å². The number of hydrogen-bond donors (Lipinski definition) is 1. The highest BCUT2D eigenvalue weighted by Crippen LogP contribution is 2.40. The quantitative estimate of drug-likeness (QED) is 0.673. The molecule has 0 spiro atoms. The number of aromatic nitrogens is 3. The van der Waals surface area contributed by atoms with Gasteiger partial charge in [0.25, 0.3) is 0 Å². The second-order valence-electron chi connectivity index (χ2n) is 4.66. The number of halogens is 4. The zero-order valence-electron chi connectivity index (χ0n) is 10.0. The average molecular weight is 303 g/mol. The topological polar surface area (TPSA) is 33.6 Å². The van der Waals surface area contributed by atoms with Gasteiger partial charge in [-0.2, -0.15) is 18.3 Å². The molecule has 1 aromatic heterocycles. The minimum atomic E-state index is -4.53. The number of aromatic amines is 1. The Morgan fingerprint density at radius 2 is 2.00 bits per heavy atom. The van der Waals surface area contributed by atoms with E-state index in [9.17, 15) is 17.6 Å². The molecule has 1 fully saturated rings. The number of nitrogens with zero attached hydrogens (tertiary/aromatic N) is 2. The van der Waals surface area contributed by atoms with Crippen molar-refractivity contribution >= 4 is 12.2 Å².